The lowest BCUT2D eigenvalue weighted by Crippen LogP contribution is -2.48. The van der Waals surface area contributed by atoms with E-state index < -0.39 is 0 Å². The number of hydrogen-bond acceptors (Lipinski definition) is 3. The van der Waals surface area contributed by atoms with E-state index in [1.54, 1.807) is 24.3 Å². The molecule has 0 radical (unpaired) electrons. The number of amides is 1. The smallest absolute Gasteiger partial charge is 0.254 e. The normalized spacial score (nSPS) is 15.9. The predicted molar refractivity (Wildman–Crippen MR) is 73.3 cm³/mol. The van der Waals surface area contributed by atoms with Crippen LogP contribution in [0.5, 0.6) is 0 Å². The topological polar surface area (TPSA) is 72.3 Å². The fourth-order valence-corrected chi connectivity index (χ4v) is 2.23. The summed E-state index contributed by atoms with van der Waals surface area (Å²) < 4.78 is 0. The zero-order valence-electron chi connectivity index (χ0n) is 11.0. The molecule has 0 spiro atoms. The van der Waals surface area contributed by atoms with Crippen LogP contribution in [0.3, 0.4) is 0 Å². The number of carbonyl (C=O) groups is 1. The van der Waals surface area contributed by atoms with Crippen molar-refractivity contribution in [3.05, 3.63) is 40.3 Å². The van der Waals surface area contributed by atoms with Crippen LogP contribution in [0.25, 0.3) is 10.4 Å². The number of hydrogen-bond donors (Lipinski definition) is 0. The van der Waals surface area contributed by atoms with Crippen molar-refractivity contribution in [1.82, 2.24) is 9.80 Å². The highest BCUT2D eigenvalue weighted by Crippen LogP contribution is 2.21. The van der Waals surface area contributed by atoms with Crippen LogP contribution >= 0.6 is 0 Å². The summed E-state index contributed by atoms with van der Waals surface area (Å²) in [6, 6.07) is 6.91. The van der Waals surface area contributed by atoms with E-state index in [0.717, 1.165) is 32.7 Å². The van der Waals surface area contributed by atoms with E-state index in [-0.39, 0.29) is 5.91 Å². The molecule has 0 aromatic heterocycles. The van der Waals surface area contributed by atoms with Gasteiger partial charge < -0.3 is 9.80 Å². The highest BCUT2D eigenvalue weighted by Gasteiger charge is 2.22. The number of carbonyl (C=O) groups excluding carboxylic acids is 1. The number of piperazine rings is 1. The first kappa shape index (κ1) is 13.4. The molecule has 0 aliphatic carbocycles. The third-order valence-corrected chi connectivity index (χ3v) is 3.39. The molecule has 0 saturated carbocycles. The summed E-state index contributed by atoms with van der Waals surface area (Å²) in [5, 5.41) is 3.58. The second-order valence-electron chi connectivity index (χ2n) is 4.43. The van der Waals surface area contributed by atoms with Crippen molar-refractivity contribution in [2.24, 2.45) is 5.11 Å². The molecule has 6 heteroatoms. The van der Waals surface area contributed by atoms with Crippen LogP contribution in [0.15, 0.2) is 29.4 Å². The van der Waals surface area contributed by atoms with Gasteiger partial charge in [0.1, 0.15) is 0 Å². The third-order valence-electron chi connectivity index (χ3n) is 3.39. The van der Waals surface area contributed by atoms with Crippen molar-refractivity contribution in [2.75, 3.05) is 32.7 Å². The fraction of sp³-hybridized carbons (Fsp3) is 0.462. The van der Waals surface area contributed by atoms with Crippen LogP contribution in [0.1, 0.15) is 17.3 Å². The molecule has 0 N–H and O–H groups in total. The van der Waals surface area contributed by atoms with Gasteiger partial charge in [-0.05, 0) is 18.1 Å². The average Bonchev–Trinajstić information content (AvgIpc) is 2.47. The first-order valence-corrected chi connectivity index (χ1v) is 6.42. The molecule has 6 nitrogen and oxygen atoms in total. The molecule has 2 rings (SSSR count). The third kappa shape index (κ3) is 3.05. The van der Waals surface area contributed by atoms with Gasteiger partial charge in [0, 0.05) is 36.7 Å². The molecule has 100 valence electrons. The van der Waals surface area contributed by atoms with Crippen LogP contribution in [0.4, 0.5) is 5.69 Å². The van der Waals surface area contributed by atoms with Gasteiger partial charge in [-0.2, -0.15) is 0 Å². The first-order chi connectivity index (χ1) is 9.26. The Kier molecular flexibility index (Phi) is 4.39. The lowest BCUT2D eigenvalue weighted by molar-refractivity contribution is 0.0644. The standard InChI is InChI=1S/C13H17N5O/c1-2-17-7-9-18(10-8-17)13(19)11-5-3-4-6-12(11)15-16-14/h3-6H,2,7-10H2,1H3. The minimum Gasteiger partial charge on any atom is -0.336 e. The van der Waals surface area contributed by atoms with Crippen LogP contribution in [-0.4, -0.2) is 48.4 Å². The van der Waals surface area contributed by atoms with Gasteiger partial charge in [0.05, 0.1) is 5.69 Å². The van der Waals surface area contributed by atoms with Gasteiger partial charge in [-0.1, -0.05) is 30.2 Å². The summed E-state index contributed by atoms with van der Waals surface area (Å²) in [4.78, 5) is 19.3. The maximum absolute atomic E-state index is 12.4. The van der Waals surface area contributed by atoms with Crippen LogP contribution in [-0.2, 0) is 0 Å². The average molecular weight is 259 g/mol. The number of azide groups is 1. The predicted octanol–water partition coefficient (Wildman–Crippen LogP) is 2.41. The molecule has 1 saturated heterocycles. The van der Waals surface area contributed by atoms with Crippen molar-refractivity contribution >= 4 is 11.6 Å². The second kappa shape index (κ2) is 6.22. The number of rotatable bonds is 3. The zero-order chi connectivity index (χ0) is 13.7. The minimum absolute atomic E-state index is 0.0567. The molecule has 1 aliphatic rings. The van der Waals surface area contributed by atoms with E-state index >= 15 is 0 Å². The Hall–Kier alpha value is -2.04. The van der Waals surface area contributed by atoms with Crippen molar-refractivity contribution in [3.8, 4) is 0 Å². The summed E-state index contributed by atoms with van der Waals surface area (Å²) in [5.41, 5.74) is 9.40. The largest absolute Gasteiger partial charge is 0.336 e. The lowest BCUT2D eigenvalue weighted by Gasteiger charge is -2.34. The van der Waals surface area contributed by atoms with E-state index in [1.807, 2.05) is 4.90 Å². The Morgan fingerprint density at radius 3 is 2.63 bits per heavy atom. The Bertz CT molecular complexity index is 502. The van der Waals surface area contributed by atoms with Crippen molar-refractivity contribution in [1.29, 1.82) is 0 Å². The molecule has 0 bridgehead atoms. The lowest BCUT2D eigenvalue weighted by atomic mass is 10.1. The highest BCUT2D eigenvalue weighted by atomic mass is 16.2. The SMILES string of the molecule is CCN1CCN(C(=O)c2ccccc2N=[N+]=[N-])CC1. The minimum atomic E-state index is -0.0567. The summed E-state index contributed by atoms with van der Waals surface area (Å²) in [7, 11) is 0. The van der Waals surface area contributed by atoms with Gasteiger partial charge in [0.15, 0.2) is 0 Å². The summed E-state index contributed by atoms with van der Waals surface area (Å²) in [6.45, 7) is 6.36. The first-order valence-electron chi connectivity index (χ1n) is 6.42. The highest BCUT2D eigenvalue weighted by molar-refractivity contribution is 5.99. The van der Waals surface area contributed by atoms with Crippen molar-refractivity contribution in [3.63, 3.8) is 0 Å². The summed E-state index contributed by atoms with van der Waals surface area (Å²) in [5.74, 6) is -0.0567. The molecule has 1 aromatic rings. The summed E-state index contributed by atoms with van der Waals surface area (Å²) in [6.07, 6.45) is 0. The maximum atomic E-state index is 12.4. The van der Waals surface area contributed by atoms with E-state index in [9.17, 15) is 4.79 Å². The Balaban J connectivity index is 2.14. The van der Waals surface area contributed by atoms with Crippen LogP contribution < -0.4 is 0 Å². The van der Waals surface area contributed by atoms with Gasteiger partial charge in [-0.3, -0.25) is 4.79 Å². The number of benzene rings is 1. The number of likely N-dealkylation sites (N-methyl/N-ethyl adjacent to an activating group) is 1. The van der Waals surface area contributed by atoms with Crippen LogP contribution in [0.2, 0.25) is 0 Å². The molecular weight excluding hydrogens is 242 g/mol. The molecular formula is C13H17N5O. The Morgan fingerprint density at radius 1 is 1.32 bits per heavy atom. The van der Waals surface area contributed by atoms with Crippen molar-refractivity contribution in [2.45, 2.75) is 6.92 Å². The number of nitrogens with zero attached hydrogens (tertiary/aromatic N) is 5. The molecule has 0 unspecified atom stereocenters. The second-order valence-corrected chi connectivity index (χ2v) is 4.43. The monoisotopic (exact) mass is 259 g/mol. The van der Waals surface area contributed by atoms with Crippen molar-refractivity contribution < 1.29 is 4.79 Å². The Morgan fingerprint density at radius 2 is 2.00 bits per heavy atom. The van der Waals surface area contributed by atoms with Gasteiger partial charge in [0.2, 0.25) is 0 Å². The molecule has 0 atom stereocenters. The Labute approximate surface area is 112 Å². The van der Waals surface area contributed by atoms with Gasteiger partial charge in [0.25, 0.3) is 5.91 Å². The quantitative estimate of drug-likeness (QED) is 0.475. The van der Waals surface area contributed by atoms with E-state index in [4.69, 9.17) is 5.53 Å². The molecule has 1 amide bonds. The van der Waals surface area contributed by atoms with E-state index in [1.165, 1.54) is 0 Å². The van der Waals surface area contributed by atoms with E-state index in [2.05, 4.69) is 21.8 Å². The molecule has 19 heavy (non-hydrogen) atoms. The molecule has 1 aliphatic heterocycles. The summed E-state index contributed by atoms with van der Waals surface area (Å²) >= 11 is 0. The van der Waals surface area contributed by atoms with E-state index in [0.29, 0.717) is 11.3 Å². The van der Waals surface area contributed by atoms with Gasteiger partial charge in [-0.15, -0.1) is 0 Å². The van der Waals surface area contributed by atoms with Gasteiger partial charge >= 0.3 is 0 Å². The van der Waals surface area contributed by atoms with Gasteiger partial charge in [-0.25, -0.2) is 0 Å². The maximum Gasteiger partial charge on any atom is 0.254 e. The zero-order valence-corrected chi connectivity index (χ0v) is 11.0. The molecule has 1 fully saturated rings. The van der Waals surface area contributed by atoms with Crippen LogP contribution in [0, 0.1) is 0 Å². The fourth-order valence-electron chi connectivity index (χ4n) is 2.23. The molecule has 1 aromatic carbocycles. The molecule has 1 heterocycles.